The van der Waals surface area contributed by atoms with Gasteiger partial charge in [-0.05, 0) is 17.7 Å². The van der Waals surface area contributed by atoms with Crippen molar-refractivity contribution in [2.75, 3.05) is 25.0 Å². The van der Waals surface area contributed by atoms with Crippen LogP contribution in [0.2, 0.25) is 0 Å². The molecule has 1 aliphatic heterocycles. The molecule has 2 N–H and O–H groups in total. The number of anilines is 1. The molecule has 0 amide bonds. The summed E-state index contributed by atoms with van der Waals surface area (Å²) >= 11 is 0. The molecule has 0 radical (unpaired) electrons. The average Bonchev–Trinajstić information content (AvgIpc) is 3.48. The van der Waals surface area contributed by atoms with Crippen LogP contribution in [-0.4, -0.2) is 55.3 Å². The smallest absolute Gasteiger partial charge is 0.167 e. The van der Waals surface area contributed by atoms with E-state index in [-0.39, 0.29) is 18.9 Å². The van der Waals surface area contributed by atoms with Crippen LogP contribution in [0.3, 0.4) is 0 Å². The van der Waals surface area contributed by atoms with E-state index in [1.54, 1.807) is 12.6 Å². The quantitative estimate of drug-likeness (QED) is 0.470. The number of nitrogens with one attached hydrogen (secondary N) is 1. The Morgan fingerprint density at radius 2 is 1.97 bits per heavy atom. The Balaban J connectivity index is 1.37. The molecule has 0 saturated carbocycles. The lowest BCUT2D eigenvalue weighted by atomic mass is 10.2. The molecule has 0 unspecified atom stereocenters. The Morgan fingerprint density at radius 1 is 1.06 bits per heavy atom. The van der Waals surface area contributed by atoms with Crippen LogP contribution in [0.5, 0.6) is 0 Å². The molecule has 2 atom stereocenters. The van der Waals surface area contributed by atoms with Gasteiger partial charge in [-0.25, -0.2) is 15.0 Å². The summed E-state index contributed by atoms with van der Waals surface area (Å²) in [7, 11) is 0. The number of aliphatic hydroxyl groups is 1. The minimum atomic E-state index is -0.313. The van der Waals surface area contributed by atoms with E-state index in [0.29, 0.717) is 36.6 Å². The van der Waals surface area contributed by atoms with Crippen molar-refractivity contribution in [2.24, 2.45) is 0 Å². The first-order chi connectivity index (χ1) is 15.3. The third kappa shape index (κ3) is 4.29. The number of imidazole rings is 1. The standard InChI is InChI=1S/C22H24N6O3/c29-13-18-11-27(10-16-5-2-1-3-6-16)12-19(31-18)28-15-26-20-21(24-14-25-22(20)28)23-9-17-7-4-8-30-17/h1-8,14-15,18-19,29H,9-13H2,(H,23,24,25)/t18-,19+/m0/s1. The van der Waals surface area contributed by atoms with Gasteiger partial charge in [0.25, 0.3) is 0 Å². The second-order valence-electron chi connectivity index (χ2n) is 7.55. The minimum Gasteiger partial charge on any atom is -0.467 e. The third-order valence-corrected chi connectivity index (χ3v) is 5.36. The van der Waals surface area contributed by atoms with Gasteiger partial charge in [-0.15, -0.1) is 0 Å². The molecule has 0 aliphatic carbocycles. The largest absolute Gasteiger partial charge is 0.467 e. The number of furan rings is 1. The van der Waals surface area contributed by atoms with Crippen molar-refractivity contribution in [1.29, 1.82) is 0 Å². The molecule has 9 nitrogen and oxygen atoms in total. The Morgan fingerprint density at radius 3 is 2.77 bits per heavy atom. The molecular weight excluding hydrogens is 396 g/mol. The van der Waals surface area contributed by atoms with Crippen LogP contribution in [0, 0.1) is 0 Å². The van der Waals surface area contributed by atoms with E-state index in [2.05, 4.69) is 37.3 Å². The van der Waals surface area contributed by atoms with Gasteiger partial charge in [-0.2, -0.15) is 0 Å². The van der Waals surface area contributed by atoms with Gasteiger partial charge in [0.2, 0.25) is 0 Å². The van der Waals surface area contributed by atoms with E-state index in [4.69, 9.17) is 9.15 Å². The summed E-state index contributed by atoms with van der Waals surface area (Å²) in [4.78, 5) is 15.6. The van der Waals surface area contributed by atoms with Gasteiger partial charge in [0, 0.05) is 19.6 Å². The number of nitrogens with zero attached hydrogens (tertiary/aromatic N) is 5. The maximum absolute atomic E-state index is 9.79. The van der Waals surface area contributed by atoms with Crippen LogP contribution in [0.4, 0.5) is 5.82 Å². The number of rotatable bonds is 7. The van der Waals surface area contributed by atoms with Crippen molar-refractivity contribution >= 4 is 17.0 Å². The average molecular weight is 420 g/mol. The molecule has 31 heavy (non-hydrogen) atoms. The molecule has 1 saturated heterocycles. The summed E-state index contributed by atoms with van der Waals surface area (Å²) in [5.41, 5.74) is 2.57. The second-order valence-corrected chi connectivity index (χ2v) is 7.55. The van der Waals surface area contributed by atoms with Crippen molar-refractivity contribution in [2.45, 2.75) is 25.4 Å². The maximum Gasteiger partial charge on any atom is 0.167 e. The molecule has 160 valence electrons. The first kappa shape index (κ1) is 19.7. The summed E-state index contributed by atoms with van der Waals surface area (Å²) in [6.07, 6.45) is 4.29. The molecule has 3 aromatic heterocycles. The molecule has 0 bridgehead atoms. The van der Waals surface area contributed by atoms with Crippen molar-refractivity contribution in [3.8, 4) is 0 Å². The van der Waals surface area contributed by atoms with E-state index >= 15 is 0 Å². The zero-order chi connectivity index (χ0) is 21.0. The second kappa shape index (κ2) is 8.84. The van der Waals surface area contributed by atoms with Crippen LogP contribution >= 0.6 is 0 Å². The van der Waals surface area contributed by atoms with E-state index in [0.717, 1.165) is 12.3 Å². The Labute approximate surface area is 179 Å². The number of hydrogen-bond donors (Lipinski definition) is 2. The van der Waals surface area contributed by atoms with Crippen LogP contribution in [0.1, 0.15) is 17.6 Å². The molecule has 4 aromatic rings. The van der Waals surface area contributed by atoms with E-state index in [1.807, 2.05) is 34.9 Å². The van der Waals surface area contributed by atoms with Crippen LogP contribution in [0.25, 0.3) is 11.2 Å². The van der Waals surface area contributed by atoms with Gasteiger partial charge < -0.3 is 19.6 Å². The van der Waals surface area contributed by atoms with Crippen LogP contribution < -0.4 is 5.32 Å². The lowest BCUT2D eigenvalue weighted by molar-refractivity contribution is -0.135. The molecule has 0 spiro atoms. The lowest BCUT2D eigenvalue weighted by Crippen LogP contribution is -2.46. The van der Waals surface area contributed by atoms with E-state index in [9.17, 15) is 5.11 Å². The zero-order valence-corrected chi connectivity index (χ0v) is 17.0. The third-order valence-electron chi connectivity index (χ3n) is 5.36. The van der Waals surface area contributed by atoms with Gasteiger partial charge in [0.1, 0.15) is 18.3 Å². The Kier molecular flexibility index (Phi) is 5.61. The van der Waals surface area contributed by atoms with Gasteiger partial charge in [0.15, 0.2) is 17.0 Å². The molecular formula is C22H24N6O3. The fraction of sp³-hybridized carbons (Fsp3) is 0.318. The van der Waals surface area contributed by atoms with E-state index < -0.39 is 0 Å². The van der Waals surface area contributed by atoms with Gasteiger partial charge in [0.05, 0.1) is 31.8 Å². The minimum absolute atomic E-state index is 0.0423. The zero-order valence-electron chi connectivity index (χ0n) is 17.0. The summed E-state index contributed by atoms with van der Waals surface area (Å²) in [6, 6.07) is 14.0. The lowest BCUT2D eigenvalue weighted by Gasteiger charge is -2.37. The fourth-order valence-corrected chi connectivity index (χ4v) is 3.89. The molecule has 1 aromatic carbocycles. The Bertz CT molecular complexity index is 1110. The normalized spacial score (nSPS) is 19.6. The summed E-state index contributed by atoms with van der Waals surface area (Å²) in [5, 5.41) is 13.0. The highest BCUT2D eigenvalue weighted by atomic mass is 16.5. The number of hydrogen-bond acceptors (Lipinski definition) is 8. The van der Waals surface area contributed by atoms with Crippen molar-refractivity contribution < 1.29 is 14.3 Å². The summed E-state index contributed by atoms with van der Waals surface area (Å²) in [5.74, 6) is 1.44. The number of aliphatic hydroxyl groups excluding tert-OH is 1. The fourth-order valence-electron chi connectivity index (χ4n) is 3.89. The molecule has 4 heterocycles. The molecule has 5 rings (SSSR count). The number of fused-ring (bicyclic) bond motifs is 1. The maximum atomic E-state index is 9.79. The predicted molar refractivity (Wildman–Crippen MR) is 114 cm³/mol. The van der Waals surface area contributed by atoms with Crippen LogP contribution in [0.15, 0.2) is 65.8 Å². The highest BCUT2D eigenvalue weighted by Gasteiger charge is 2.30. The van der Waals surface area contributed by atoms with Gasteiger partial charge in [-0.1, -0.05) is 30.3 Å². The topological polar surface area (TPSA) is 101 Å². The van der Waals surface area contributed by atoms with Crippen molar-refractivity contribution in [1.82, 2.24) is 24.4 Å². The van der Waals surface area contributed by atoms with Crippen molar-refractivity contribution in [3.63, 3.8) is 0 Å². The first-order valence-corrected chi connectivity index (χ1v) is 10.3. The highest BCUT2D eigenvalue weighted by molar-refractivity contribution is 5.82. The number of aromatic nitrogens is 4. The van der Waals surface area contributed by atoms with Crippen molar-refractivity contribution in [3.05, 3.63) is 72.7 Å². The van der Waals surface area contributed by atoms with Gasteiger partial charge in [-0.3, -0.25) is 9.47 Å². The summed E-state index contributed by atoms with van der Waals surface area (Å²) < 4.78 is 13.4. The molecule has 1 fully saturated rings. The highest BCUT2D eigenvalue weighted by Crippen LogP contribution is 2.26. The Hall–Kier alpha value is -3.27. The number of benzene rings is 1. The summed E-state index contributed by atoms with van der Waals surface area (Å²) in [6.45, 7) is 2.58. The number of morpholine rings is 1. The predicted octanol–water partition coefficient (Wildman–Crippen LogP) is 2.42. The molecule has 9 heteroatoms. The van der Waals surface area contributed by atoms with Gasteiger partial charge >= 0.3 is 0 Å². The molecule has 1 aliphatic rings. The SMILES string of the molecule is OC[C@@H]1CN(Cc2ccccc2)C[C@H](n2cnc3c(NCc4ccco4)ncnc32)O1. The monoisotopic (exact) mass is 420 g/mol. The van der Waals surface area contributed by atoms with Crippen LogP contribution in [-0.2, 0) is 17.8 Å². The number of ether oxygens (including phenoxy) is 1. The first-order valence-electron chi connectivity index (χ1n) is 10.3. The van der Waals surface area contributed by atoms with E-state index in [1.165, 1.54) is 11.9 Å².